The first-order valence-corrected chi connectivity index (χ1v) is 8.75. The van der Waals surface area contributed by atoms with Crippen molar-refractivity contribution in [3.05, 3.63) is 48.2 Å². The molecule has 0 spiro atoms. The van der Waals surface area contributed by atoms with Crippen molar-refractivity contribution in [1.82, 2.24) is 30.4 Å². The quantitative estimate of drug-likeness (QED) is 0.455. The first-order chi connectivity index (χ1) is 12.3. The van der Waals surface area contributed by atoms with E-state index in [1.165, 1.54) is 5.39 Å². The fourth-order valence-corrected chi connectivity index (χ4v) is 2.76. The minimum Gasteiger partial charge on any atom is -0.357 e. The van der Waals surface area contributed by atoms with Gasteiger partial charge in [0.25, 0.3) is 0 Å². The normalized spacial score (nSPS) is 11.8. The molecule has 0 saturated carbocycles. The summed E-state index contributed by atoms with van der Waals surface area (Å²) in [7, 11) is 0. The van der Waals surface area contributed by atoms with Gasteiger partial charge in [-0.05, 0) is 24.4 Å². The predicted molar refractivity (Wildman–Crippen MR) is 101 cm³/mol. The summed E-state index contributed by atoms with van der Waals surface area (Å²) in [6.45, 7) is 7.16. The Morgan fingerprint density at radius 1 is 1.24 bits per heavy atom. The molecule has 7 heteroatoms. The lowest BCUT2D eigenvalue weighted by Gasteiger charge is -2.12. The summed E-state index contributed by atoms with van der Waals surface area (Å²) < 4.78 is 2.06. The molecule has 0 amide bonds. The van der Waals surface area contributed by atoms with E-state index in [1.54, 1.807) is 6.33 Å². The Hall–Kier alpha value is -2.83. The molecular weight excluding hydrogens is 314 g/mol. The minimum atomic E-state index is 0.608. The average molecular weight is 339 g/mol. The van der Waals surface area contributed by atoms with E-state index in [2.05, 4.69) is 67.4 Å². The van der Waals surface area contributed by atoms with E-state index in [1.807, 2.05) is 12.1 Å². The van der Waals surface area contributed by atoms with Crippen molar-refractivity contribution in [3.8, 4) is 0 Å². The van der Waals surface area contributed by atoms with Crippen LogP contribution >= 0.6 is 0 Å². The highest BCUT2D eigenvalue weighted by Gasteiger charge is 2.03. The SMILES string of the molecule is CCNC(=NCc1cc2ccccc2[nH]1)NCCn1cnnc1CC. The number of aromatic nitrogens is 4. The maximum absolute atomic E-state index is 4.66. The molecule has 25 heavy (non-hydrogen) atoms. The van der Waals surface area contributed by atoms with Gasteiger partial charge in [0.05, 0.1) is 6.54 Å². The van der Waals surface area contributed by atoms with Crippen LogP contribution in [0.5, 0.6) is 0 Å². The number of rotatable bonds is 7. The fourth-order valence-electron chi connectivity index (χ4n) is 2.76. The fraction of sp³-hybridized carbons (Fsp3) is 0.389. The third-order valence-corrected chi connectivity index (χ3v) is 3.99. The van der Waals surface area contributed by atoms with Gasteiger partial charge >= 0.3 is 0 Å². The first kappa shape index (κ1) is 17.0. The van der Waals surface area contributed by atoms with Gasteiger partial charge in [0, 0.05) is 37.3 Å². The lowest BCUT2D eigenvalue weighted by Crippen LogP contribution is -2.38. The van der Waals surface area contributed by atoms with Crippen molar-refractivity contribution in [1.29, 1.82) is 0 Å². The van der Waals surface area contributed by atoms with E-state index in [0.717, 1.165) is 49.0 Å². The summed E-state index contributed by atoms with van der Waals surface area (Å²) in [5, 5.41) is 15.9. The Balaban J connectivity index is 1.58. The number of H-pyrrole nitrogens is 1. The van der Waals surface area contributed by atoms with Crippen molar-refractivity contribution >= 4 is 16.9 Å². The molecule has 0 bridgehead atoms. The number of nitrogens with zero attached hydrogens (tertiary/aromatic N) is 4. The van der Waals surface area contributed by atoms with Gasteiger partial charge in [0.2, 0.25) is 0 Å². The molecule has 2 heterocycles. The molecule has 0 radical (unpaired) electrons. The number of hydrogen-bond acceptors (Lipinski definition) is 3. The van der Waals surface area contributed by atoms with E-state index in [-0.39, 0.29) is 0 Å². The number of aliphatic imine (C=N–C) groups is 1. The van der Waals surface area contributed by atoms with Crippen LogP contribution < -0.4 is 10.6 Å². The summed E-state index contributed by atoms with van der Waals surface area (Å²) >= 11 is 0. The van der Waals surface area contributed by atoms with Crippen LogP contribution in [0.15, 0.2) is 41.7 Å². The molecule has 7 nitrogen and oxygen atoms in total. The van der Waals surface area contributed by atoms with Gasteiger partial charge in [0.1, 0.15) is 12.2 Å². The number of fused-ring (bicyclic) bond motifs is 1. The third-order valence-electron chi connectivity index (χ3n) is 3.99. The molecule has 3 rings (SSSR count). The monoisotopic (exact) mass is 339 g/mol. The number of para-hydroxylation sites is 1. The van der Waals surface area contributed by atoms with Gasteiger partial charge in [-0.2, -0.15) is 0 Å². The summed E-state index contributed by atoms with van der Waals surface area (Å²) in [6, 6.07) is 10.4. The Morgan fingerprint density at radius 3 is 2.92 bits per heavy atom. The summed E-state index contributed by atoms with van der Waals surface area (Å²) in [5.41, 5.74) is 2.25. The Labute approximate surface area is 147 Å². The summed E-state index contributed by atoms with van der Waals surface area (Å²) in [4.78, 5) is 8.07. The van der Waals surface area contributed by atoms with Crippen LogP contribution in [0.25, 0.3) is 10.9 Å². The summed E-state index contributed by atoms with van der Waals surface area (Å²) in [6.07, 6.45) is 2.66. The highest BCUT2D eigenvalue weighted by atomic mass is 15.3. The molecule has 0 aliphatic heterocycles. The Morgan fingerprint density at radius 2 is 2.12 bits per heavy atom. The molecule has 2 aromatic heterocycles. The molecule has 0 atom stereocenters. The molecule has 3 aromatic rings. The van der Waals surface area contributed by atoms with Crippen molar-refractivity contribution in [2.75, 3.05) is 13.1 Å². The Bertz CT molecular complexity index is 798. The maximum Gasteiger partial charge on any atom is 0.191 e. The average Bonchev–Trinajstić information content (AvgIpc) is 3.25. The number of nitrogens with one attached hydrogen (secondary N) is 3. The lowest BCUT2D eigenvalue weighted by molar-refractivity contribution is 0.632. The smallest absolute Gasteiger partial charge is 0.191 e. The minimum absolute atomic E-state index is 0.608. The maximum atomic E-state index is 4.66. The van der Waals surface area contributed by atoms with Crippen LogP contribution in [-0.4, -0.2) is 38.8 Å². The predicted octanol–water partition coefficient (Wildman–Crippen LogP) is 2.08. The first-order valence-electron chi connectivity index (χ1n) is 8.75. The second-order valence-corrected chi connectivity index (χ2v) is 5.80. The van der Waals surface area contributed by atoms with Gasteiger partial charge in [-0.3, -0.25) is 0 Å². The molecule has 0 saturated heterocycles. The van der Waals surface area contributed by atoms with Gasteiger partial charge in [0.15, 0.2) is 5.96 Å². The van der Waals surface area contributed by atoms with Crippen LogP contribution in [0.3, 0.4) is 0 Å². The number of aromatic amines is 1. The lowest BCUT2D eigenvalue weighted by atomic mass is 10.2. The topological polar surface area (TPSA) is 82.9 Å². The van der Waals surface area contributed by atoms with Crippen molar-refractivity contribution < 1.29 is 0 Å². The number of hydrogen-bond donors (Lipinski definition) is 3. The molecular formula is C18H25N7. The molecule has 3 N–H and O–H groups in total. The number of benzene rings is 1. The molecule has 0 aliphatic carbocycles. The van der Waals surface area contributed by atoms with Gasteiger partial charge < -0.3 is 20.2 Å². The molecule has 132 valence electrons. The molecule has 0 aliphatic rings. The Kier molecular flexibility index (Phi) is 5.66. The second-order valence-electron chi connectivity index (χ2n) is 5.80. The highest BCUT2D eigenvalue weighted by molar-refractivity contribution is 5.81. The molecule has 1 aromatic carbocycles. The summed E-state index contributed by atoms with van der Waals surface area (Å²) in [5.74, 6) is 1.81. The van der Waals surface area contributed by atoms with E-state index < -0.39 is 0 Å². The van der Waals surface area contributed by atoms with Crippen LogP contribution in [0.4, 0.5) is 0 Å². The zero-order chi connectivity index (χ0) is 17.5. The van der Waals surface area contributed by atoms with Crippen molar-refractivity contribution in [2.45, 2.75) is 33.4 Å². The van der Waals surface area contributed by atoms with Crippen molar-refractivity contribution in [3.63, 3.8) is 0 Å². The standard InChI is InChI=1S/C18H25N7/c1-3-17-24-22-13-25(17)10-9-20-18(19-4-2)21-12-15-11-14-7-5-6-8-16(14)23-15/h5-8,11,13,23H,3-4,9-10,12H2,1-2H3,(H2,19,20,21). The van der Waals surface area contributed by atoms with Crippen LogP contribution in [0.1, 0.15) is 25.4 Å². The third kappa shape index (κ3) is 4.37. The number of guanidine groups is 1. The molecule has 0 fully saturated rings. The second kappa shape index (κ2) is 8.32. The molecule has 0 unspecified atom stereocenters. The van der Waals surface area contributed by atoms with E-state index >= 15 is 0 Å². The van der Waals surface area contributed by atoms with E-state index in [9.17, 15) is 0 Å². The largest absolute Gasteiger partial charge is 0.357 e. The van der Waals surface area contributed by atoms with Crippen molar-refractivity contribution in [2.24, 2.45) is 4.99 Å². The number of aryl methyl sites for hydroxylation is 1. The van der Waals surface area contributed by atoms with Gasteiger partial charge in [-0.25, -0.2) is 4.99 Å². The zero-order valence-corrected chi connectivity index (χ0v) is 14.8. The van der Waals surface area contributed by atoms with E-state index in [4.69, 9.17) is 0 Å². The van der Waals surface area contributed by atoms with E-state index in [0.29, 0.717) is 6.54 Å². The van der Waals surface area contributed by atoms with Crippen LogP contribution in [0, 0.1) is 0 Å². The van der Waals surface area contributed by atoms with Crippen LogP contribution in [0.2, 0.25) is 0 Å². The zero-order valence-electron chi connectivity index (χ0n) is 14.8. The highest BCUT2D eigenvalue weighted by Crippen LogP contribution is 2.14. The van der Waals surface area contributed by atoms with Crippen LogP contribution in [-0.2, 0) is 19.5 Å². The van der Waals surface area contributed by atoms with Gasteiger partial charge in [-0.1, -0.05) is 25.1 Å². The van der Waals surface area contributed by atoms with Gasteiger partial charge in [-0.15, -0.1) is 10.2 Å².